The van der Waals surface area contributed by atoms with Gasteiger partial charge in [0, 0.05) is 31.6 Å². The molecule has 2 aromatic carbocycles. The fourth-order valence-electron chi connectivity index (χ4n) is 5.80. The molecule has 5 heteroatoms. The number of piperidine rings is 1. The highest BCUT2D eigenvalue weighted by molar-refractivity contribution is 5.87. The molecule has 1 saturated heterocycles. The number of hydrogen-bond donors (Lipinski definition) is 2. The molecule has 2 aliphatic carbocycles. The van der Waals surface area contributed by atoms with Crippen LogP contribution < -0.4 is 5.32 Å². The zero-order chi connectivity index (χ0) is 21.4. The van der Waals surface area contributed by atoms with Crippen LogP contribution in [-0.4, -0.2) is 41.6 Å². The summed E-state index contributed by atoms with van der Waals surface area (Å²) < 4.78 is 13.1. The first kappa shape index (κ1) is 20.7. The molecule has 4 atom stereocenters. The van der Waals surface area contributed by atoms with E-state index in [0.29, 0.717) is 17.4 Å². The Morgan fingerprint density at radius 1 is 1.03 bits per heavy atom. The molecular weight excluding hydrogens is 391 g/mol. The maximum atomic E-state index is 13.3. The second-order valence-electron chi connectivity index (χ2n) is 9.58. The third-order valence-corrected chi connectivity index (χ3v) is 7.70. The molecular formula is C26H31FN2O2. The van der Waals surface area contributed by atoms with Crippen molar-refractivity contribution in [1.29, 1.82) is 0 Å². The van der Waals surface area contributed by atoms with Gasteiger partial charge in [-0.05, 0) is 54.4 Å². The second-order valence-corrected chi connectivity index (χ2v) is 9.58. The van der Waals surface area contributed by atoms with E-state index >= 15 is 0 Å². The number of nitrogens with zero attached hydrogens (tertiary/aromatic N) is 1. The maximum Gasteiger partial charge on any atom is 0.257 e. The van der Waals surface area contributed by atoms with Crippen LogP contribution in [0.25, 0.3) is 0 Å². The summed E-state index contributed by atoms with van der Waals surface area (Å²) >= 11 is 0. The van der Waals surface area contributed by atoms with Crippen molar-refractivity contribution in [3.8, 4) is 0 Å². The van der Waals surface area contributed by atoms with Crippen LogP contribution >= 0.6 is 0 Å². The number of benzene rings is 2. The number of likely N-dealkylation sites (tertiary alicyclic amines) is 1. The Balaban J connectivity index is 1.18. The Bertz CT molecular complexity index is 901. The standard InChI is InChI=1S/C26H31FN2O2/c27-21-12-10-18(11-13-21)14-15-29-16-22-23(17-29)24(22)28-25(30)26(31,20-8-4-5-9-20)19-6-2-1-3-7-19/h1-3,6-7,10-13,20,22-24,31H,4-5,8-9,14-17H2,(H,28,30)/t22-,23?,24+,26?/m0/s1. The van der Waals surface area contributed by atoms with Crippen LogP contribution in [0.15, 0.2) is 54.6 Å². The van der Waals surface area contributed by atoms with Crippen molar-refractivity contribution >= 4 is 5.91 Å². The molecule has 3 fully saturated rings. The van der Waals surface area contributed by atoms with Crippen LogP contribution in [0.1, 0.15) is 36.8 Å². The minimum absolute atomic E-state index is 0.0132. The van der Waals surface area contributed by atoms with E-state index in [1.807, 2.05) is 42.5 Å². The topological polar surface area (TPSA) is 52.6 Å². The van der Waals surface area contributed by atoms with Gasteiger partial charge in [-0.25, -0.2) is 4.39 Å². The zero-order valence-electron chi connectivity index (χ0n) is 17.8. The molecule has 31 heavy (non-hydrogen) atoms. The van der Waals surface area contributed by atoms with Gasteiger partial charge in [0.15, 0.2) is 5.60 Å². The molecule has 0 radical (unpaired) electrons. The molecule has 0 spiro atoms. The summed E-state index contributed by atoms with van der Waals surface area (Å²) in [4.78, 5) is 15.8. The zero-order valence-corrected chi connectivity index (χ0v) is 17.8. The van der Waals surface area contributed by atoms with Gasteiger partial charge in [-0.3, -0.25) is 4.79 Å². The Labute approximate surface area is 183 Å². The molecule has 1 amide bonds. The van der Waals surface area contributed by atoms with E-state index in [0.717, 1.165) is 57.3 Å². The first-order valence-electron chi connectivity index (χ1n) is 11.6. The third-order valence-electron chi connectivity index (χ3n) is 7.70. The number of carbonyl (C=O) groups excluding carboxylic acids is 1. The van der Waals surface area contributed by atoms with Crippen LogP contribution in [0.4, 0.5) is 4.39 Å². The third kappa shape index (κ3) is 4.01. The molecule has 2 aromatic rings. The first-order chi connectivity index (χ1) is 15.1. The van der Waals surface area contributed by atoms with Crippen LogP contribution in [-0.2, 0) is 16.8 Å². The lowest BCUT2D eigenvalue weighted by atomic mass is 9.79. The summed E-state index contributed by atoms with van der Waals surface area (Å²) in [6, 6.07) is 16.4. The highest BCUT2D eigenvalue weighted by Gasteiger charge is 2.58. The summed E-state index contributed by atoms with van der Waals surface area (Å²) in [6.07, 6.45) is 4.85. The van der Waals surface area contributed by atoms with Gasteiger partial charge in [0.05, 0.1) is 0 Å². The average molecular weight is 423 g/mol. The minimum Gasteiger partial charge on any atom is -0.375 e. The van der Waals surface area contributed by atoms with E-state index < -0.39 is 5.60 Å². The van der Waals surface area contributed by atoms with Crippen LogP contribution in [0.3, 0.4) is 0 Å². The minimum atomic E-state index is -1.43. The summed E-state index contributed by atoms with van der Waals surface area (Å²) in [7, 11) is 0. The second kappa shape index (κ2) is 8.36. The SMILES string of the molecule is O=C(N[C@H]1C2CN(CCc3ccc(F)cc3)C[C@@H]21)C(O)(c1ccccc1)C1CCCC1. The van der Waals surface area contributed by atoms with Crippen molar-refractivity contribution in [3.63, 3.8) is 0 Å². The monoisotopic (exact) mass is 422 g/mol. The molecule has 3 aliphatic rings. The van der Waals surface area contributed by atoms with Crippen molar-refractivity contribution in [2.24, 2.45) is 17.8 Å². The van der Waals surface area contributed by atoms with Gasteiger partial charge in [0.25, 0.3) is 5.91 Å². The number of rotatable bonds is 7. The van der Waals surface area contributed by atoms with Crippen molar-refractivity contribution in [1.82, 2.24) is 10.2 Å². The lowest BCUT2D eigenvalue weighted by molar-refractivity contribution is -0.147. The number of hydrogen-bond acceptors (Lipinski definition) is 3. The van der Waals surface area contributed by atoms with Crippen molar-refractivity contribution < 1.29 is 14.3 Å². The molecule has 2 saturated carbocycles. The fraction of sp³-hybridized carbons (Fsp3) is 0.500. The predicted molar refractivity (Wildman–Crippen MR) is 118 cm³/mol. The molecule has 1 heterocycles. The van der Waals surface area contributed by atoms with Crippen LogP contribution in [0.2, 0.25) is 0 Å². The van der Waals surface area contributed by atoms with Gasteiger partial charge >= 0.3 is 0 Å². The van der Waals surface area contributed by atoms with E-state index in [-0.39, 0.29) is 23.7 Å². The normalized spacial score (nSPS) is 27.6. The Kier molecular flexibility index (Phi) is 5.57. The predicted octanol–water partition coefficient (Wildman–Crippen LogP) is 3.49. The Hall–Kier alpha value is -2.24. The molecule has 5 rings (SSSR count). The molecule has 0 bridgehead atoms. The van der Waals surface area contributed by atoms with E-state index in [2.05, 4.69) is 10.2 Å². The van der Waals surface area contributed by atoms with Gasteiger partial charge in [0.1, 0.15) is 5.82 Å². The number of halogens is 1. The van der Waals surface area contributed by atoms with E-state index in [1.165, 1.54) is 12.1 Å². The molecule has 2 unspecified atom stereocenters. The summed E-state index contributed by atoms with van der Waals surface area (Å²) in [5.41, 5.74) is 0.430. The van der Waals surface area contributed by atoms with E-state index in [1.54, 1.807) is 0 Å². The summed E-state index contributed by atoms with van der Waals surface area (Å²) in [5.74, 6) is 0.517. The quantitative estimate of drug-likeness (QED) is 0.718. The fourth-order valence-corrected chi connectivity index (χ4v) is 5.80. The Morgan fingerprint density at radius 3 is 2.32 bits per heavy atom. The van der Waals surface area contributed by atoms with Crippen molar-refractivity contribution in [2.75, 3.05) is 19.6 Å². The van der Waals surface area contributed by atoms with Crippen molar-refractivity contribution in [2.45, 2.75) is 43.7 Å². The van der Waals surface area contributed by atoms with E-state index in [9.17, 15) is 14.3 Å². The van der Waals surface area contributed by atoms with Gasteiger partial charge in [0.2, 0.25) is 0 Å². The lowest BCUT2D eigenvalue weighted by Crippen LogP contribution is -2.51. The molecule has 2 N–H and O–H groups in total. The number of nitrogens with one attached hydrogen (secondary N) is 1. The number of aliphatic hydroxyl groups is 1. The highest BCUT2D eigenvalue weighted by atomic mass is 19.1. The average Bonchev–Trinajstić information content (AvgIpc) is 3.20. The van der Waals surface area contributed by atoms with Gasteiger partial charge in [-0.15, -0.1) is 0 Å². The maximum absolute atomic E-state index is 13.3. The molecule has 4 nitrogen and oxygen atoms in total. The Morgan fingerprint density at radius 2 is 1.68 bits per heavy atom. The van der Waals surface area contributed by atoms with Gasteiger partial charge in [-0.1, -0.05) is 55.3 Å². The largest absolute Gasteiger partial charge is 0.375 e. The highest BCUT2D eigenvalue weighted by Crippen LogP contribution is 2.47. The lowest BCUT2D eigenvalue weighted by Gasteiger charge is -2.33. The van der Waals surface area contributed by atoms with Crippen LogP contribution in [0, 0.1) is 23.6 Å². The smallest absolute Gasteiger partial charge is 0.257 e. The summed E-state index contributed by atoms with van der Waals surface area (Å²) in [6.45, 7) is 2.91. The number of amides is 1. The molecule has 164 valence electrons. The number of carbonyl (C=O) groups is 1. The van der Waals surface area contributed by atoms with Gasteiger partial charge < -0.3 is 15.3 Å². The number of fused-ring (bicyclic) bond motifs is 1. The molecule has 1 aliphatic heterocycles. The van der Waals surface area contributed by atoms with Crippen LogP contribution in [0.5, 0.6) is 0 Å². The van der Waals surface area contributed by atoms with Crippen molar-refractivity contribution in [3.05, 3.63) is 71.5 Å². The molecule has 0 aromatic heterocycles. The van der Waals surface area contributed by atoms with Gasteiger partial charge in [-0.2, -0.15) is 0 Å². The first-order valence-corrected chi connectivity index (χ1v) is 11.6. The van der Waals surface area contributed by atoms with E-state index in [4.69, 9.17) is 0 Å². The summed E-state index contributed by atoms with van der Waals surface area (Å²) in [5, 5.41) is 14.8.